The maximum atomic E-state index is 14.9. The number of hydroxylamine groups is 1. The summed E-state index contributed by atoms with van der Waals surface area (Å²) in [5.41, 5.74) is 4.74. The van der Waals surface area contributed by atoms with E-state index < -0.39 is 12.5 Å². The third-order valence-electron chi connectivity index (χ3n) is 5.09. The van der Waals surface area contributed by atoms with Crippen LogP contribution in [0.3, 0.4) is 0 Å². The van der Waals surface area contributed by atoms with Gasteiger partial charge >= 0.3 is 0 Å². The molecule has 0 aliphatic carbocycles. The van der Waals surface area contributed by atoms with E-state index in [0.717, 1.165) is 19.4 Å². The SMILES string of the molecule is [2H]C1([2H])ONC(=O)c2cccc3[nH]c(-c4ccc([C@H]5CCCN5)c(F)c4)c1c23. The Kier molecular flexibility index (Phi) is 3.08. The highest BCUT2D eigenvalue weighted by Crippen LogP contribution is 2.36. The van der Waals surface area contributed by atoms with Crippen LogP contribution in [0.5, 0.6) is 0 Å². The molecule has 3 N–H and O–H groups in total. The van der Waals surface area contributed by atoms with Crippen molar-refractivity contribution < 1.29 is 16.8 Å². The van der Waals surface area contributed by atoms with Crippen molar-refractivity contribution in [2.45, 2.75) is 25.4 Å². The first-order chi connectivity index (χ1) is 13.5. The Balaban J connectivity index is 1.72. The number of rotatable bonds is 2. The van der Waals surface area contributed by atoms with Crippen molar-refractivity contribution in [3.05, 3.63) is 58.9 Å². The molecule has 2 aliphatic heterocycles. The number of aromatic nitrogens is 1. The molecule has 1 fully saturated rings. The molecule has 2 aliphatic rings. The second kappa shape index (κ2) is 5.93. The normalized spacial score (nSPS) is 22.7. The average molecular weight is 353 g/mol. The number of carbonyl (C=O) groups excluding carboxylic acids is 1. The fourth-order valence-corrected chi connectivity index (χ4v) is 3.85. The monoisotopic (exact) mass is 353 g/mol. The zero-order chi connectivity index (χ0) is 19.5. The predicted octanol–water partition coefficient (Wildman–Crippen LogP) is 3.57. The summed E-state index contributed by atoms with van der Waals surface area (Å²) in [5.74, 6) is -0.861. The molecule has 1 amide bonds. The number of hydrogen-bond acceptors (Lipinski definition) is 3. The third kappa shape index (κ3) is 2.34. The second-order valence-corrected chi connectivity index (χ2v) is 6.62. The van der Waals surface area contributed by atoms with E-state index in [9.17, 15) is 9.18 Å². The van der Waals surface area contributed by atoms with Crippen LogP contribution in [0.2, 0.25) is 0 Å². The zero-order valence-corrected chi connectivity index (χ0v) is 13.9. The summed E-state index contributed by atoms with van der Waals surface area (Å²) < 4.78 is 31.5. The van der Waals surface area contributed by atoms with Crippen LogP contribution in [0.15, 0.2) is 36.4 Å². The second-order valence-electron chi connectivity index (χ2n) is 6.62. The highest BCUT2D eigenvalue weighted by atomic mass is 19.1. The Morgan fingerprint density at radius 3 is 3.00 bits per heavy atom. The molecule has 0 unspecified atom stereocenters. The zero-order valence-electron chi connectivity index (χ0n) is 15.9. The van der Waals surface area contributed by atoms with E-state index in [4.69, 9.17) is 7.58 Å². The van der Waals surface area contributed by atoms with E-state index in [0.29, 0.717) is 33.3 Å². The molecular weight excluding hydrogens is 333 g/mol. The lowest BCUT2D eigenvalue weighted by molar-refractivity contribution is 0.0256. The highest BCUT2D eigenvalue weighted by molar-refractivity contribution is 6.09. The molecule has 5 rings (SSSR count). The van der Waals surface area contributed by atoms with Crippen LogP contribution in [0.4, 0.5) is 4.39 Å². The van der Waals surface area contributed by atoms with Gasteiger partial charge in [0.15, 0.2) is 0 Å². The van der Waals surface area contributed by atoms with Crippen molar-refractivity contribution in [3.63, 3.8) is 0 Å². The molecular formula is C20H18FN3O2. The minimum Gasteiger partial charge on any atom is -0.354 e. The molecule has 5 nitrogen and oxygen atoms in total. The van der Waals surface area contributed by atoms with E-state index in [2.05, 4.69) is 15.8 Å². The topological polar surface area (TPSA) is 66.1 Å². The lowest BCUT2D eigenvalue weighted by Crippen LogP contribution is -2.21. The van der Waals surface area contributed by atoms with Gasteiger partial charge in [-0.15, -0.1) is 0 Å². The number of carbonyl (C=O) groups is 1. The molecule has 26 heavy (non-hydrogen) atoms. The minimum atomic E-state index is -2.28. The Bertz CT molecular complexity index is 1110. The molecule has 3 heterocycles. The van der Waals surface area contributed by atoms with Gasteiger partial charge in [0.1, 0.15) is 12.4 Å². The summed E-state index contributed by atoms with van der Waals surface area (Å²) in [6.07, 6.45) is 1.90. The molecule has 0 bridgehead atoms. The van der Waals surface area contributed by atoms with E-state index in [-0.39, 0.29) is 17.4 Å². The van der Waals surface area contributed by atoms with E-state index in [1.54, 1.807) is 30.3 Å². The summed E-state index contributed by atoms with van der Waals surface area (Å²) in [5, 5.41) is 3.73. The fourth-order valence-electron chi connectivity index (χ4n) is 3.85. The number of hydrogen-bond donors (Lipinski definition) is 3. The first kappa shape index (κ1) is 13.5. The van der Waals surface area contributed by atoms with Gasteiger partial charge in [0.25, 0.3) is 5.91 Å². The van der Waals surface area contributed by atoms with Crippen molar-refractivity contribution in [2.75, 3.05) is 6.54 Å². The van der Waals surface area contributed by atoms with E-state index >= 15 is 0 Å². The summed E-state index contributed by atoms with van der Waals surface area (Å²) in [6.45, 7) is -1.41. The number of benzene rings is 2. The lowest BCUT2D eigenvalue weighted by atomic mass is 9.99. The van der Waals surface area contributed by atoms with Gasteiger partial charge in [-0.05, 0) is 37.6 Å². The number of aromatic amines is 1. The van der Waals surface area contributed by atoms with E-state index in [1.165, 1.54) is 6.07 Å². The number of nitrogens with one attached hydrogen (secondary N) is 3. The van der Waals surface area contributed by atoms with Gasteiger partial charge in [-0.25, -0.2) is 9.87 Å². The van der Waals surface area contributed by atoms with Crippen LogP contribution < -0.4 is 10.8 Å². The molecule has 0 saturated carbocycles. The molecule has 1 saturated heterocycles. The summed E-state index contributed by atoms with van der Waals surface area (Å²) in [6, 6.07) is 10.00. The number of H-pyrrole nitrogens is 1. The van der Waals surface area contributed by atoms with Gasteiger partial charge < -0.3 is 10.3 Å². The fraction of sp³-hybridized carbons (Fsp3) is 0.250. The van der Waals surface area contributed by atoms with Gasteiger partial charge in [-0.1, -0.05) is 18.2 Å². The standard InChI is InChI=1S/C20H18FN3O2/c21-15-9-11(6-7-12(15)16-5-2-8-22-16)19-14-10-26-24-20(25)13-3-1-4-17(23-19)18(13)14/h1,3-4,6-7,9,16,22-23H,2,5,8,10H2,(H,24,25)/t16-/m1/s1/i10D2. The van der Waals surface area contributed by atoms with Crippen molar-refractivity contribution in [1.29, 1.82) is 0 Å². The average Bonchev–Trinajstić information content (AvgIpc) is 3.31. The maximum Gasteiger partial charge on any atom is 0.275 e. The number of halogens is 1. The van der Waals surface area contributed by atoms with Crippen LogP contribution in [-0.2, 0) is 11.4 Å². The molecule has 0 spiro atoms. The Morgan fingerprint density at radius 1 is 1.27 bits per heavy atom. The Hall–Kier alpha value is -2.70. The first-order valence-corrected chi connectivity index (χ1v) is 8.62. The minimum absolute atomic E-state index is 0.00140. The van der Waals surface area contributed by atoms with Crippen LogP contribution >= 0.6 is 0 Å². The molecule has 0 radical (unpaired) electrons. The van der Waals surface area contributed by atoms with E-state index in [1.807, 2.05) is 0 Å². The predicted molar refractivity (Wildman–Crippen MR) is 95.9 cm³/mol. The summed E-state index contributed by atoms with van der Waals surface area (Å²) in [7, 11) is 0. The largest absolute Gasteiger partial charge is 0.354 e. The van der Waals surface area contributed by atoms with Gasteiger partial charge in [0.05, 0.1) is 14.0 Å². The van der Waals surface area contributed by atoms with Crippen molar-refractivity contribution in [2.24, 2.45) is 0 Å². The van der Waals surface area contributed by atoms with Gasteiger partial charge in [0, 0.05) is 33.6 Å². The van der Waals surface area contributed by atoms with Crippen LogP contribution in [0, 0.1) is 5.82 Å². The van der Waals surface area contributed by atoms with Crippen LogP contribution in [0.1, 0.15) is 43.1 Å². The lowest BCUT2D eigenvalue weighted by Gasteiger charge is -2.13. The smallest absolute Gasteiger partial charge is 0.275 e. The molecule has 2 aromatic carbocycles. The first-order valence-electron chi connectivity index (χ1n) is 9.62. The molecule has 1 aromatic heterocycles. The quantitative estimate of drug-likeness (QED) is 0.660. The molecule has 1 atom stereocenters. The number of amides is 1. The summed E-state index contributed by atoms with van der Waals surface area (Å²) >= 11 is 0. The van der Waals surface area contributed by atoms with Crippen molar-refractivity contribution in [3.8, 4) is 11.3 Å². The van der Waals surface area contributed by atoms with Crippen LogP contribution in [0.25, 0.3) is 22.2 Å². The molecule has 6 heteroatoms. The molecule has 3 aromatic rings. The van der Waals surface area contributed by atoms with Gasteiger partial charge in [-0.3, -0.25) is 9.63 Å². The van der Waals surface area contributed by atoms with Crippen molar-refractivity contribution >= 4 is 16.8 Å². The van der Waals surface area contributed by atoms with Gasteiger partial charge in [0.2, 0.25) is 0 Å². The Morgan fingerprint density at radius 2 is 2.19 bits per heavy atom. The third-order valence-corrected chi connectivity index (χ3v) is 5.09. The maximum absolute atomic E-state index is 14.9. The van der Waals surface area contributed by atoms with Crippen LogP contribution in [-0.4, -0.2) is 17.4 Å². The summed E-state index contributed by atoms with van der Waals surface area (Å²) in [4.78, 5) is 20.5. The highest BCUT2D eigenvalue weighted by Gasteiger charge is 2.24. The molecule has 132 valence electrons. The Labute approximate surface area is 152 Å². The van der Waals surface area contributed by atoms with Gasteiger partial charge in [-0.2, -0.15) is 0 Å². The van der Waals surface area contributed by atoms with Crippen molar-refractivity contribution in [1.82, 2.24) is 15.8 Å².